The van der Waals surface area contributed by atoms with Gasteiger partial charge in [-0.25, -0.2) is 9.59 Å². The van der Waals surface area contributed by atoms with Crippen molar-refractivity contribution in [3.63, 3.8) is 0 Å². The molecule has 0 radical (unpaired) electrons. The molecule has 0 spiro atoms. The molecule has 2 atom stereocenters. The number of hydrogen-bond donors (Lipinski definition) is 3. The van der Waals surface area contributed by atoms with E-state index in [0.717, 1.165) is 0 Å². The van der Waals surface area contributed by atoms with Crippen molar-refractivity contribution in [2.45, 2.75) is 25.6 Å². The second-order valence-electron chi connectivity index (χ2n) is 4.00. The van der Waals surface area contributed by atoms with Crippen LogP contribution in [0.15, 0.2) is 0 Å². The topological polar surface area (TPSA) is 99.1 Å². The molecule has 17 heavy (non-hydrogen) atoms. The number of carboxylic acids is 1. The summed E-state index contributed by atoms with van der Waals surface area (Å²) in [5, 5.41) is 20.0. The summed E-state index contributed by atoms with van der Waals surface area (Å²) < 4.78 is 5.29. The van der Waals surface area contributed by atoms with E-state index in [-0.39, 0.29) is 25.1 Å². The summed E-state index contributed by atoms with van der Waals surface area (Å²) >= 11 is 0. The number of carbonyl (C=O) groups excluding carboxylic acids is 1. The van der Waals surface area contributed by atoms with E-state index in [1.165, 1.54) is 0 Å². The van der Waals surface area contributed by atoms with Gasteiger partial charge >= 0.3 is 12.0 Å². The second kappa shape index (κ2) is 6.41. The summed E-state index contributed by atoms with van der Waals surface area (Å²) in [5.74, 6) is -1.28. The molecule has 3 N–H and O–H groups in total. The summed E-state index contributed by atoms with van der Waals surface area (Å²) in [6.07, 6.45) is -1.42. The molecule has 7 heteroatoms. The van der Waals surface area contributed by atoms with Gasteiger partial charge in [-0.05, 0) is 6.92 Å². The van der Waals surface area contributed by atoms with E-state index in [4.69, 9.17) is 14.9 Å². The molecule has 7 nitrogen and oxygen atoms in total. The number of aliphatic carboxylic acids is 1. The zero-order valence-corrected chi connectivity index (χ0v) is 9.76. The number of urea groups is 1. The van der Waals surface area contributed by atoms with Crippen molar-refractivity contribution >= 4 is 12.0 Å². The molecule has 2 amide bonds. The molecule has 1 aliphatic heterocycles. The number of aliphatic hydroxyl groups excluding tert-OH is 1. The fraction of sp³-hybridized carbons (Fsp3) is 0.800. The minimum atomic E-state index is -1.43. The minimum absolute atomic E-state index is 0.000959. The fourth-order valence-corrected chi connectivity index (χ4v) is 1.55. The Hall–Kier alpha value is -1.34. The first-order chi connectivity index (χ1) is 8.00. The lowest BCUT2D eigenvalue weighted by molar-refractivity contribution is -0.146. The molecule has 1 saturated heterocycles. The average molecular weight is 246 g/mol. The molecule has 2 unspecified atom stereocenters. The molecule has 1 heterocycles. The number of aliphatic hydroxyl groups is 1. The average Bonchev–Trinajstić information content (AvgIpc) is 2.28. The number of carbonyl (C=O) groups is 2. The van der Waals surface area contributed by atoms with Gasteiger partial charge in [0.25, 0.3) is 0 Å². The fourth-order valence-electron chi connectivity index (χ4n) is 1.55. The van der Waals surface area contributed by atoms with Crippen LogP contribution in [0.5, 0.6) is 0 Å². The summed E-state index contributed by atoms with van der Waals surface area (Å²) in [5.41, 5.74) is 0. The van der Waals surface area contributed by atoms with Gasteiger partial charge in [0.1, 0.15) is 0 Å². The van der Waals surface area contributed by atoms with Crippen LogP contribution in [0.25, 0.3) is 0 Å². The van der Waals surface area contributed by atoms with E-state index in [1.807, 2.05) is 6.92 Å². The van der Waals surface area contributed by atoms with Crippen molar-refractivity contribution in [2.75, 3.05) is 26.2 Å². The smallest absolute Gasteiger partial charge is 0.332 e. The van der Waals surface area contributed by atoms with Crippen molar-refractivity contribution in [1.29, 1.82) is 0 Å². The standard InChI is InChI=1S/C10H18N2O5/c1-7-6-12(4-5-17-7)10(16)11-3-2-8(13)9(14)15/h7-8,13H,2-6H2,1H3,(H,11,16)(H,14,15). The number of morpholine rings is 1. The van der Waals surface area contributed by atoms with E-state index in [9.17, 15) is 9.59 Å². The third-order valence-electron chi connectivity index (χ3n) is 2.51. The molecule has 1 fully saturated rings. The molecule has 0 aliphatic carbocycles. The number of amides is 2. The van der Waals surface area contributed by atoms with E-state index in [0.29, 0.717) is 19.7 Å². The van der Waals surface area contributed by atoms with Crippen LogP contribution in [0.2, 0.25) is 0 Å². The number of nitrogens with zero attached hydrogens (tertiary/aromatic N) is 1. The van der Waals surface area contributed by atoms with Crippen LogP contribution in [0.4, 0.5) is 4.79 Å². The molecule has 0 aromatic rings. The summed E-state index contributed by atoms with van der Waals surface area (Å²) in [6, 6.07) is -0.252. The molecule has 0 bridgehead atoms. The Bertz CT molecular complexity index is 284. The summed E-state index contributed by atoms with van der Waals surface area (Å²) in [4.78, 5) is 23.6. The first-order valence-corrected chi connectivity index (χ1v) is 5.56. The Morgan fingerprint density at radius 2 is 2.29 bits per heavy atom. The lowest BCUT2D eigenvalue weighted by atomic mass is 10.2. The normalized spacial score (nSPS) is 22.0. The van der Waals surface area contributed by atoms with Crippen LogP contribution < -0.4 is 5.32 Å². The summed E-state index contributed by atoms with van der Waals surface area (Å²) in [7, 11) is 0. The Kier molecular flexibility index (Phi) is 5.17. The minimum Gasteiger partial charge on any atom is -0.479 e. The van der Waals surface area contributed by atoms with Crippen LogP contribution >= 0.6 is 0 Å². The highest BCUT2D eigenvalue weighted by atomic mass is 16.5. The largest absolute Gasteiger partial charge is 0.479 e. The monoisotopic (exact) mass is 246 g/mol. The maximum absolute atomic E-state index is 11.6. The zero-order valence-electron chi connectivity index (χ0n) is 9.76. The van der Waals surface area contributed by atoms with E-state index in [2.05, 4.69) is 5.32 Å². The maximum Gasteiger partial charge on any atom is 0.332 e. The van der Waals surface area contributed by atoms with Gasteiger partial charge in [0, 0.05) is 26.1 Å². The highest BCUT2D eigenvalue weighted by molar-refractivity contribution is 5.74. The summed E-state index contributed by atoms with van der Waals surface area (Å²) in [6.45, 7) is 3.57. The highest BCUT2D eigenvalue weighted by Gasteiger charge is 2.21. The maximum atomic E-state index is 11.6. The van der Waals surface area contributed by atoms with Gasteiger partial charge in [0.2, 0.25) is 0 Å². The van der Waals surface area contributed by atoms with Gasteiger partial charge in [-0.3, -0.25) is 0 Å². The van der Waals surface area contributed by atoms with Gasteiger partial charge in [-0.1, -0.05) is 0 Å². The molecule has 0 aromatic carbocycles. The lowest BCUT2D eigenvalue weighted by Crippen LogP contribution is -2.49. The molecule has 1 rings (SSSR count). The third-order valence-corrected chi connectivity index (χ3v) is 2.51. The van der Waals surface area contributed by atoms with Gasteiger partial charge in [0.15, 0.2) is 6.10 Å². The first kappa shape index (κ1) is 13.7. The molecule has 1 aliphatic rings. The molecule has 0 aromatic heterocycles. The van der Waals surface area contributed by atoms with Gasteiger partial charge < -0.3 is 25.2 Å². The Balaban J connectivity index is 2.22. The van der Waals surface area contributed by atoms with Gasteiger partial charge in [-0.15, -0.1) is 0 Å². The molecule has 0 saturated carbocycles. The molecular formula is C10H18N2O5. The quantitative estimate of drug-likeness (QED) is 0.606. The van der Waals surface area contributed by atoms with Crippen molar-refractivity contribution in [3.05, 3.63) is 0 Å². The molecular weight excluding hydrogens is 228 g/mol. The number of rotatable bonds is 4. The Morgan fingerprint density at radius 3 is 2.88 bits per heavy atom. The molecule has 98 valence electrons. The first-order valence-electron chi connectivity index (χ1n) is 5.56. The predicted molar refractivity (Wildman–Crippen MR) is 58.6 cm³/mol. The van der Waals surface area contributed by atoms with Crippen molar-refractivity contribution in [1.82, 2.24) is 10.2 Å². The van der Waals surface area contributed by atoms with Crippen molar-refractivity contribution < 1.29 is 24.5 Å². The van der Waals surface area contributed by atoms with Crippen LogP contribution in [0.1, 0.15) is 13.3 Å². The Morgan fingerprint density at radius 1 is 1.59 bits per heavy atom. The SMILES string of the molecule is CC1CN(C(=O)NCCC(O)C(=O)O)CCO1. The third kappa shape index (κ3) is 4.58. The zero-order chi connectivity index (χ0) is 12.8. The highest BCUT2D eigenvalue weighted by Crippen LogP contribution is 2.04. The number of hydrogen-bond acceptors (Lipinski definition) is 4. The predicted octanol–water partition coefficient (Wildman–Crippen LogP) is -0.748. The van der Waals surface area contributed by atoms with Crippen LogP contribution in [0.3, 0.4) is 0 Å². The van der Waals surface area contributed by atoms with Crippen LogP contribution in [-0.4, -0.2) is 65.6 Å². The van der Waals surface area contributed by atoms with Crippen molar-refractivity contribution in [2.24, 2.45) is 0 Å². The van der Waals surface area contributed by atoms with E-state index in [1.54, 1.807) is 4.90 Å². The van der Waals surface area contributed by atoms with Gasteiger partial charge in [0.05, 0.1) is 12.7 Å². The van der Waals surface area contributed by atoms with E-state index < -0.39 is 12.1 Å². The van der Waals surface area contributed by atoms with Crippen molar-refractivity contribution in [3.8, 4) is 0 Å². The lowest BCUT2D eigenvalue weighted by Gasteiger charge is -2.31. The number of ether oxygens (including phenoxy) is 1. The van der Waals surface area contributed by atoms with E-state index >= 15 is 0 Å². The van der Waals surface area contributed by atoms with Crippen LogP contribution in [-0.2, 0) is 9.53 Å². The Labute approximate surface area is 99.4 Å². The van der Waals surface area contributed by atoms with Gasteiger partial charge in [-0.2, -0.15) is 0 Å². The van der Waals surface area contributed by atoms with Crippen LogP contribution in [0, 0.1) is 0 Å². The number of carboxylic acid groups (broad SMARTS) is 1. The number of nitrogens with one attached hydrogen (secondary N) is 1. The second-order valence-corrected chi connectivity index (χ2v) is 4.00.